The molecule has 3 aromatic rings. The summed E-state index contributed by atoms with van der Waals surface area (Å²) in [4.78, 5) is 16.5. The van der Waals surface area contributed by atoms with Gasteiger partial charge in [0.2, 0.25) is 11.0 Å². The smallest absolute Gasteiger partial charge is 0.408 e. The molecule has 2 heterocycles. The fraction of sp³-hybridized carbons (Fsp3) is 0.450. The van der Waals surface area contributed by atoms with E-state index in [9.17, 15) is 4.79 Å². The van der Waals surface area contributed by atoms with Crippen LogP contribution in [0, 0.1) is 6.92 Å². The van der Waals surface area contributed by atoms with Crippen LogP contribution in [-0.4, -0.2) is 32.0 Å². The first kappa shape index (κ1) is 23.0. The Kier molecular flexibility index (Phi) is 6.85. The first-order valence-electron chi connectivity index (χ1n) is 9.64. The van der Waals surface area contributed by atoms with Gasteiger partial charge in [-0.1, -0.05) is 40.4 Å². The van der Waals surface area contributed by atoms with Crippen LogP contribution >= 0.6 is 23.1 Å². The minimum atomic E-state index is -0.845. The third-order valence-corrected chi connectivity index (χ3v) is 5.79. The van der Waals surface area contributed by atoms with E-state index < -0.39 is 17.2 Å². The zero-order valence-corrected chi connectivity index (χ0v) is 20.0. The van der Waals surface area contributed by atoms with E-state index in [2.05, 4.69) is 31.0 Å². The average molecular weight is 463 g/mol. The standard InChI is InChI=1S/C20H26N6O3S2/c1-12-8-7-9-13(10-12)21-16-24-25-18(31-16)30-11-14-22-15(26-29-14)20(5,6)23-17(27)28-19(2,3)4/h7-10H,11H2,1-6H3,(H,21,24)(H,23,27). The van der Waals surface area contributed by atoms with Crippen LogP contribution in [-0.2, 0) is 16.0 Å². The van der Waals surface area contributed by atoms with Gasteiger partial charge in [0.1, 0.15) is 11.1 Å². The Morgan fingerprint density at radius 3 is 2.71 bits per heavy atom. The summed E-state index contributed by atoms with van der Waals surface area (Å²) >= 11 is 2.90. The number of hydrogen-bond donors (Lipinski definition) is 2. The van der Waals surface area contributed by atoms with E-state index >= 15 is 0 Å². The van der Waals surface area contributed by atoms with Crippen molar-refractivity contribution in [2.45, 2.75) is 62.8 Å². The number of aromatic nitrogens is 4. The van der Waals surface area contributed by atoms with Crippen molar-refractivity contribution in [3.05, 3.63) is 41.5 Å². The van der Waals surface area contributed by atoms with Gasteiger partial charge in [0, 0.05) is 5.69 Å². The normalized spacial score (nSPS) is 11.9. The number of thioether (sulfide) groups is 1. The molecule has 0 aliphatic heterocycles. The van der Waals surface area contributed by atoms with Crippen LogP contribution in [0.1, 0.15) is 51.9 Å². The number of aryl methyl sites for hydroxylation is 1. The summed E-state index contributed by atoms with van der Waals surface area (Å²) in [6.45, 7) is 11.0. The molecule has 1 aromatic carbocycles. The number of benzene rings is 1. The van der Waals surface area contributed by atoms with Crippen LogP contribution in [0.15, 0.2) is 33.1 Å². The second kappa shape index (κ2) is 9.23. The van der Waals surface area contributed by atoms with Gasteiger partial charge in [-0.05, 0) is 59.2 Å². The number of ether oxygens (including phenoxy) is 1. The number of alkyl carbamates (subject to hydrolysis) is 1. The van der Waals surface area contributed by atoms with E-state index in [-0.39, 0.29) is 0 Å². The van der Waals surface area contributed by atoms with Gasteiger partial charge in [0.25, 0.3) is 0 Å². The maximum Gasteiger partial charge on any atom is 0.408 e. The second-order valence-electron chi connectivity index (χ2n) is 8.42. The quantitative estimate of drug-likeness (QED) is 0.467. The minimum Gasteiger partial charge on any atom is -0.444 e. The highest BCUT2D eigenvalue weighted by molar-refractivity contribution is 8.00. The fourth-order valence-electron chi connectivity index (χ4n) is 2.47. The lowest BCUT2D eigenvalue weighted by Crippen LogP contribution is -2.44. The molecule has 0 unspecified atom stereocenters. The SMILES string of the molecule is Cc1cccc(Nc2nnc(SCc3nc(C(C)(C)NC(=O)OC(C)(C)C)no3)s2)c1. The van der Waals surface area contributed by atoms with Crippen molar-refractivity contribution in [1.82, 2.24) is 25.7 Å². The number of rotatable bonds is 7. The molecule has 0 aliphatic rings. The van der Waals surface area contributed by atoms with Crippen LogP contribution in [0.5, 0.6) is 0 Å². The molecule has 0 atom stereocenters. The Labute approximate surface area is 189 Å². The third kappa shape index (κ3) is 6.93. The van der Waals surface area contributed by atoms with E-state index in [0.717, 1.165) is 10.0 Å². The molecule has 0 saturated heterocycles. The van der Waals surface area contributed by atoms with Crippen molar-refractivity contribution in [2.75, 3.05) is 5.32 Å². The van der Waals surface area contributed by atoms with E-state index in [0.29, 0.717) is 22.6 Å². The van der Waals surface area contributed by atoms with Gasteiger partial charge in [0.15, 0.2) is 10.2 Å². The molecule has 166 valence electrons. The van der Waals surface area contributed by atoms with E-state index in [1.54, 1.807) is 34.6 Å². The molecule has 3 rings (SSSR count). The Hall–Kier alpha value is -2.66. The molecule has 0 fully saturated rings. The average Bonchev–Trinajstić information content (AvgIpc) is 3.27. The molecular weight excluding hydrogens is 436 g/mol. The van der Waals surface area contributed by atoms with Crippen LogP contribution in [0.25, 0.3) is 0 Å². The van der Waals surface area contributed by atoms with E-state index in [1.165, 1.54) is 28.7 Å². The van der Waals surface area contributed by atoms with Crippen molar-refractivity contribution < 1.29 is 14.1 Å². The number of carbonyl (C=O) groups is 1. The second-order valence-corrected chi connectivity index (χ2v) is 10.6. The topological polar surface area (TPSA) is 115 Å². The van der Waals surface area contributed by atoms with Crippen LogP contribution < -0.4 is 10.6 Å². The van der Waals surface area contributed by atoms with Gasteiger partial charge in [-0.25, -0.2) is 4.79 Å². The van der Waals surface area contributed by atoms with Crippen molar-refractivity contribution in [3.8, 4) is 0 Å². The van der Waals surface area contributed by atoms with Crippen molar-refractivity contribution in [2.24, 2.45) is 0 Å². The predicted molar refractivity (Wildman–Crippen MR) is 121 cm³/mol. The molecule has 2 N–H and O–H groups in total. The lowest BCUT2D eigenvalue weighted by Gasteiger charge is -2.26. The molecule has 11 heteroatoms. The van der Waals surface area contributed by atoms with E-state index in [1.807, 2.05) is 31.2 Å². The highest BCUT2D eigenvalue weighted by Crippen LogP contribution is 2.30. The Bertz CT molecular complexity index is 1040. The Morgan fingerprint density at radius 1 is 1.23 bits per heavy atom. The first-order chi connectivity index (χ1) is 14.5. The van der Waals surface area contributed by atoms with Gasteiger partial charge in [-0.15, -0.1) is 10.2 Å². The monoisotopic (exact) mass is 462 g/mol. The summed E-state index contributed by atoms with van der Waals surface area (Å²) in [7, 11) is 0. The van der Waals surface area contributed by atoms with Crippen LogP contribution in [0.2, 0.25) is 0 Å². The molecule has 0 saturated carbocycles. The zero-order chi connectivity index (χ0) is 22.6. The zero-order valence-electron chi connectivity index (χ0n) is 18.3. The van der Waals surface area contributed by atoms with Crippen molar-refractivity contribution in [1.29, 1.82) is 0 Å². The van der Waals surface area contributed by atoms with Gasteiger partial charge in [-0.2, -0.15) is 4.98 Å². The van der Waals surface area contributed by atoms with Crippen LogP contribution in [0.4, 0.5) is 15.6 Å². The third-order valence-electron chi connectivity index (χ3n) is 3.84. The summed E-state index contributed by atoms with van der Waals surface area (Å²) in [6.07, 6.45) is -0.541. The van der Waals surface area contributed by atoms with Crippen molar-refractivity contribution in [3.63, 3.8) is 0 Å². The van der Waals surface area contributed by atoms with Gasteiger partial charge in [0.05, 0.1) is 5.75 Å². The van der Waals surface area contributed by atoms with Crippen LogP contribution in [0.3, 0.4) is 0 Å². The number of carbonyl (C=O) groups excluding carboxylic acids is 1. The lowest BCUT2D eigenvalue weighted by molar-refractivity contribution is 0.0465. The number of amides is 1. The maximum absolute atomic E-state index is 12.1. The molecule has 0 aliphatic carbocycles. The van der Waals surface area contributed by atoms with E-state index in [4.69, 9.17) is 9.26 Å². The van der Waals surface area contributed by atoms with Gasteiger partial charge in [-0.3, -0.25) is 0 Å². The fourth-order valence-corrected chi connectivity index (χ4v) is 4.08. The van der Waals surface area contributed by atoms with Crippen molar-refractivity contribution >= 4 is 40.0 Å². The molecule has 31 heavy (non-hydrogen) atoms. The minimum absolute atomic E-state index is 0.369. The summed E-state index contributed by atoms with van der Waals surface area (Å²) in [5, 5.41) is 19.1. The number of hydrogen-bond acceptors (Lipinski definition) is 10. The van der Waals surface area contributed by atoms with Gasteiger partial charge >= 0.3 is 6.09 Å². The Morgan fingerprint density at radius 2 is 2.00 bits per heavy atom. The molecule has 1 amide bonds. The summed E-state index contributed by atoms with van der Waals surface area (Å²) in [6, 6.07) is 8.05. The maximum atomic E-state index is 12.1. The molecular formula is C20H26N6O3S2. The molecule has 0 radical (unpaired) electrons. The summed E-state index contributed by atoms with van der Waals surface area (Å²) < 4.78 is 11.4. The number of nitrogens with one attached hydrogen (secondary N) is 2. The first-order valence-corrected chi connectivity index (χ1v) is 11.4. The largest absolute Gasteiger partial charge is 0.444 e. The number of nitrogens with zero attached hydrogens (tertiary/aromatic N) is 4. The Balaban J connectivity index is 1.55. The summed E-state index contributed by atoms with van der Waals surface area (Å²) in [5.41, 5.74) is 0.700. The highest BCUT2D eigenvalue weighted by Gasteiger charge is 2.31. The highest BCUT2D eigenvalue weighted by atomic mass is 32.2. The molecule has 0 spiro atoms. The molecule has 9 nitrogen and oxygen atoms in total. The molecule has 2 aromatic heterocycles. The summed E-state index contributed by atoms with van der Waals surface area (Å²) in [5.74, 6) is 1.24. The van der Waals surface area contributed by atoms with Gasteiger partial charge < -0.3 is 19.9 Å². The molecule has 0 bridgehead atoms. The number of anilines is 2. The lowest BCUT2D eigenvalue weighted by atomic mass is 10.1. The predicted octanol–water partition coefficient (Wildman–Crippen LogP) is 5.03.